The van der Waals surface area contributed by atoms with E-state index in [0.717, 1.165) is 24.2 Å². The van der Waals surface area contributed by atoms with Gasteiger partial charge in [-0.05, 0) is 20.2 Å². The normalized spacial score (nSPS) is 13.2. The molecule has 0 unspecified atom stereocenters. The molecule has 1 aromatic carbocycles. The van der Waals surface area contributed by atoms with E-state index >= 15 is 0 Å². The summed E-state index contributed by atoms with van der Waals surface area (Å²) in [6, 6.07) is 6.57. The average Bonchev–Trinajstić information content (AvgIpc) is 3.03. The first-order valence-corrected chi connectivity index (χ1v) is 8.50. The van der Waals surface area contributed by atoms with Crippen LogP contribution in [0.3, 0.4) is 0 Å². The number of nitrogens with one attached hydrogen (secondary N) is 2. The van der Waals surface area contributed by atoms with Crippen LogP contribution in [0, 0.1) is 5.82 Å². The maximum Gasteiger partial charge on any atom is 0.275 e. The molecule has 2 heterocycles. The van der Waals surface area contributed by atoms with Crippen LogP contribution in [0.5, 0.6) is 0 Å². The molecular weight excluding hydrogens is 357 g/mol. The summed E-state index contributed by atoms with van der Waals surface area (Å²) in [5, 5.41) is 10.5. The van der Waals surface area contributed by atoms with Crippen molar-refractivity contribution in [1.82, 2.24) is 25.3 Å². The fraction of sp³-hybridized carbons (Fsp3) is 0.444. The lowest BCUT2D eigenvalue weighted by atomic mass is 10.1. The van der Waals surface area contributed by atoms with E-state index in [0.29, 0.717) is 30.9 Å². The number of carbonyl (C=O) groups excluding carboxylic acids is 1. The zero-order chi connectivity index (χ0) is 17.8. The molecule has 1 aliphatic heterocycles. The van der Waals surface area contributed by atoms with Gasteiger partial charge in [0.05, 0.1) is 0 Å². The van der Waals surface area contributed by atoms with E-state index in [1.807, 2.05) is 19.0 Å². The third kappa shape index (κ3) is 4.60. The van der Waals surface area contributed by atoms with Gasteiger partial charge in [-0.2, -0.15) is 5.10 Å². The summed E-state index contributed by atoms with van der Waals surface area (Å²) in [6.07, 6.45) is 0.834. The molecule has 1 aromatic heterocycles. The molecule has 1 amide bonds. The SMILES string of the molecule is CN(C)CCN(Cc1ccccc1F)C(=O)c1n[nH]c2c1CNCC2.Cl. The first kappa shape index (κ1) is 20.4. The van der Waals surface area contributed by atoms with Gasteiger partial charge in [-0.25, -0.2) is 4.39 Å². The van der Waals surface area contributed by atoms with Crippen LogP contribution in [0.25, 0.3) is 0 Å². The smallest absolute Gasteiger partial charge is 0.275 e. The van der Waals surface area contributed by atoms with Gasteiger partial charge in [0.25, 0.3) is 5.91 Å². The summed E-state index contributed by atoms with van der Waals surface area (Å²) in [7, 11) is 3.90. The van der Waals surface area contributed by atoms with Crippen molar-refractivity contribution in [1.29, 1.82) is 0 Å². The van der Waals surface area contributed by atoms with Crippen molar-refractivity contribution in [2.45, 2.75) is 19.5 Å². The second-order valence-corrected chi connectivity index (χ2v) is 6.58. The van der Waals surface area contributed by atoms with Gasteiger partial charge < -0.3 is 15.1 Å². The third-order valence-corrected chi connectivity index (χ3v) is 4.43. The molecule has 0 saturated heterocycles. The van der Waals surface area contributed by atoms with E-state index in [4.69, 9.17) is 0 Å². The number of nitrogens with zero attached hydrogens (tertiary/aromatic N) is 3. The van der Waals surface area contributed by atoms with Gasteiger partial charge in [0.15, 0.2) is 5.69 Å². The van der Waals surface area contributed by atoms with E-state index in [1.54, 1.807) is 23.1 Å². The summed E-state index contributed by atoms with van der Waals surface area (Å²) in [5.41, 5.74) is 2.90. The molecule has 0 radical (unpaired) electrons. The number of H-pyrrole nitrogens is 1. The van der Waals surface area contributed by atoms with Gasteiger partial charge >= 0.3 is 0 Å². The van der Waals surface area contributed by atoms with Crippen LogP contribution in [-0.4, -0.2) is 59.6 Å². The predicted molar refractivity (Wildman–Crippen MR) is 101 cm³/mol. The van der Waals surface area contributed by atoms with Crippen molar-refractivity contribution in [2.24, 2.45) is 0 Å². The topological polar surface area (TPSA) is 64.3 Å². The Balaban J connectivity index is 0.00000243. The lowest BCUT2D eigenvalue weighted by molar-refractivity contribution is 0.0723. The largest absolute Gasteiger partial charge is 0.332 e. The number of halogens is 2. The Morgan fingerprint density at radius 1 is 1.27 bits per heavy atom. The highest BCUT2D eigenvalue weighted by atomic mass is 35.5. The highest BCUT2D eigenvalue weighted by Crippen LogP contribution is 2.19. The third-order valence-electron chi connectivity index (χ3n) is 4.43. The minimum atomic E-state index is -0.295. The summed E-state index contributed by atoms with van der Waals surface area (Å²) in [6.45, 7) is 2.95. The number of aromatic amines is 1. The van der Waals surface area contributed by atoms with Crippen molar-refractivity contribution in [3.05, 3.63) is 52.6 Å². The zero-order valence-electron chi connectivity index (χ0n) is 15.1. The number of likely N-dealkylation sites (N-methyl/N-ethyl adjacent to an activating group) is 1. The number of benzene rings is 1. The Morgan fingerprint density at radius 3 is 2.77 bits per heavy atom. The van der Waals surface area contributed by atoms with Crippen LogP contribution in [-0.2, 0) is 19.5 Å². The van der Waals surface area contributed by atoms with Gasteiger partial charge in [0, 0.05) is 56.0 Å². The van der Waals surface area contributed by atoms with Gasteiger partial charge in [-0.3, -0.25) is 9.89 Å². The molecule has 0 fully saturated rings. The zero-order valence-corrected chi connectivity index (χ0v) is 15.9. The van der Waals surface area contributed by atoms with Gasteiger partial charge in [-0.1, -0.05) is 18.2 Å². The Bertz CT molecular complexity index is 749. The number of fused-ring (bicyclic) bond motifs is 1. The van der Waals surface area contributed by atoms with Gasteiger partial charge in [0.2, 0.25) is 0 Å². The summed E-state index contributed by atoms with van der Waals surface area (Å²) in [5.74, 6) is -0.456. The molecule has 0 atom stereocenters. The average molecular weight is 382 g/mol. The Hall–Kier alpha value is -1.96. The lowest BCUT2D eigenvalue weighted by Gasteiger charge is -2.25. The van der Waals surface area contributed by atoms with Crippen molar-refractivity contribution in [3.63, 3.8) is 0 Å². The Morgan fingerprint density at radius 2 is 2.04 bits per heavy atom. The fourth-order valence-corrected chi connectivity index (χ4v) is 2.96. The van der Waals surface area contributed by atoms with E-state index in [9.17, 15) is 9.18 Å². The number of aromatic nitrogens is 2. The first-order chi connectivity index (χ1) is 12.1. The second-order valence-electron chi connectivity index (χ2n) is 6.58. The molecule has 0 aliphatic carbocycles. The monoisotopic (exact) mass is 381 g/mol. The Kier molecular flexibility index (Phi) is 7.14. The molecule has 3 rings (SSSR count). The molecule has 0 bridgehead atoms. The van der Waals surface area contributed by atoms with Gasteiger partial charge in [0.1, 0.15) is 5.82 Å². The molecule has 0 spiro atoms. The van der Waals surface area contributed by atoms with Crippen molar-refractivity contribution < 1.29 is 9.18 Å². The summed E-state index contributed by atoms with van der Waals surface area (Å²) >= 11 is 0. The van der Waals surface area contributed by atoms with Crippen LogP contribution in [0.15, 0.2) is 24.3 Å². The van der Waals surface area contributed by atoms with Crippen molar-refractivity contribution in [2.75, 3.05) is 33.7 Å². The maximum absolute atomic E-state index is 14.0. The van der Waals surface area contributed by atoms with Crippen LogP contribution >= 0.6 is 12.4 Å². The van der Waals surface area contributed by atoms with Crippen molar-refractivity contribution >= 4 is 18.3 Å². The first-order valence-electron chi connectivity index (χ1n) is 8.50. The maximum atomic E-state index is 14.0. The minimum Gasteiger partial charge on any atom is -0.332 e. The molecule has 2 aromatic rings. The number of hydrogen-bond donors (Lipinski definition) is 2. The van der Waals surface area contributed by atoms with E-state index in [-0.39, 0.29) is 30.7 Å². The Labute approximate surface area is 159 Å². The van der Waals surface area contributed by atoms with Crippen LogP contribution < -0.4 is 5.32 Å². The van der Waals surface area contributed by atoms with Crippen LogP contribution in [0.1, 0.15) is 27.3 Å². The second kappa shape index (κ2) is 9.12. The summed E-state index contributed by atoms with van der Waals surface area (Å²) in [4.78, 5) is 16.8. The van der Waals surface area contributed by atoms with E-state index in [2.05, 4.69) is 15.5 Å². The molecular formula is C18H25ClFN5O. The molecule has 2 N–H and O–H groups in total. The van der Waals surface area contributed by atoms with Crippen LogP contribution in [0.2, 0.25) is 0 Å². The van der Waals surface area contributed by atoms with Crippen molar-refractivity contribution in [3.8, 4) is 0 Å². The lowest BCUT2D eigenvalue weighted by Crippen LogP contribution is -2.37. The molecule has 26 heavy (non-hydrogen) atoms. The molecule has 142 valence electrons. The number of amides is 1. The number of carbonyl (C=O) groups is 1. The minimum absolute atomic E-state index is 0. The van der Waals surface area contributed by atoms with Crippen LogP contribution in [0.4, 0.5) is 4.39 Å². The number of hydrogen-bond acceptors (Lipinski definition) is 4. The quantitative estimate of drug-likeness (QED) is 0.801. The summed E-state index contributed by atoms with van der Waals surface area (Å²) < 4.78 is 14.0. The molecule has 1 aliphatic rings. The van der Waals surface area contributed by atoms with E-state index in [1.165, 1.54) is 6.07 Å². The highest BCUT2D eigenvalue weighted by Gasteiger charge is 2.26. The molecule has 8 heteroatoms. The van der Waals surface area contributed by atoms with Gasteiger partial charge in [-0.15, -0.1) is 12.4 Å². The van der Waals surface area contributed by atoms with E-state index < -0.39 is 0 Å². The molecule has 0 saturated carbocycles. The highest BCUT2D eigenvalue weighted by molar-refractivity contribution is 5.94. The fourth-order valence-electron chi connectivity index (χ4n) is 2.96. The molecule has 6 nitrogen and oxygen atoms in total. The number of rotatable bonds is 6. The standard InChI is InChI=1S/C18H24FN5O.ClH/c1-23(2)9-10-24(12-13-5-3-4-6-15(13)19)18(25)17-14-11-20-8-7-16(14)21-22-17;/h3-6,20H,7-12H2,1-2H3,(H,21,22);1H. The predicted octanol–water partition coefficient (Wildman–Crippen LogP) is 1.82.